The SMILES string of the molecule is CC(O)CCCC(COCC(C)O)(COCC(C)O)COCC(C)O. The van der Waals surface area contributed by atoms with Crippen molar-refractivity contribution in [2.45, 2.75) is 71.4 Å². The van der Waals surface area contributed by atoms with Gasteiger partial charge in [-0.1, -0.05) is 6.42 Å². The zero-order valence-corrected chi connectivity index (χ0v) is 16.2. The molecule has 0 aromatic heterocycles. The van der Waals surface area contributed by atoms with Crippen molar-refractivity contribution >= 4 is 0 Å². The van der Waals surface area contributed by atoms with Crippen LogP contribution in [-0.2, 0) is 14.2 Å². The third-order valence-corrected chi connectivity index (χ3v) is 3.63. The van der Waals surface area contributed by atoms with Crippen molar-refractivity contribution in [3.63, 3.8) is 0 Å². The molecule has 0 saturated heterocycles. The van der Waals surface area contributed by atoms with E-state index in [1.165, 1.54) is 0 Å². The molecule has 25 heavy (non-hydrogen) atoms. The Balaban J connectivity index is 4.85. The average molecular weight is 366 g/mol. The monoisotopic (exact) mass is 366 g/mol. The van der Waals surface area contributed by atoms with Gasteiger partial charge in [-0.25, -0.2) is 0 Å². The molecule has 0 radical (unpaired) electrons. The maximum atomic E-state index is 9.50. The summed E-state index contributed by atoms with van der Waals surface area (Å²) in [5.41, 5.74) is -0.465. The molecule has 0 fully saturated rings. The molecule has 0 aliphatic heterocycles. The molecule has 0 aromatic carbocycles. The topological polar surface area (TPSA) is 109 Å². The summed E-state index contributed by atoms with van der Waals surface area (Å²) in [6.45, 7) is 8.35. The molecule has 7 nitrogen and oxygen atoms in total. The van der Waals surface area contributed by atoms with Gasteiger partial charge < -0.3 is 34.6 Å². The molecule has 0 amide bonds. The van der Waals surface area contributed by atoms with E-state index in [1.807, 2.05) is 0 Å². The minimum atomic E-state index is -0.563. The van der Waals surface area contributed by atoms with Crippen molar-refractivity contribution in [2.75, 3.05) is 39.6 Å². The Kier molecular flexibility index (Phi) is 13.7. The number of hydrogen-bond acceptors (Lipinski definition) is 7. The van der Waals surface area contributed by atoms with Crippen LogP contribution in [0.4, 0.5) is 0 Å². The Morgan fingerprint density at radius 3 is 1.28 bits per heavy atom. The lowest BCUT2D eigenvalue weighted by Gasteiger charge is -2.34. The molecular weight excluding hydrogens is 328 g/mol. The van der Waals surface area contributed by atoms with Gasteiger partial charge in [0.05, 0.1) is 64.1 Å². The molecule has 0 saturated carbocycles. The van der Waals surface area contributed by atoms with Gasteiger partial charge in [-0.2, -0.15) is 0 Å². The van der Waals surface area contributed by atoms with Crippen LogP contribution in [0.3, 0.4) is 0 Å². The lowest BCUT2D eigenvalue weighted by molar-refractivity contribution is -0.0999. The zero-order valence-electron chi connectivity index (χ0n) is 16.2. The van der Waals surface area contributed by atoms with Crippen molar-refractivity contribution < 1.29 is 34.6 Å². The minimum absolute atomic E-state index is 0.213. The van der Waals surface area contributed by atoms with Crippen molar-refractivity contribution in [1.29, 1.82) is 0 Å². The number of rotatable bonds is 16. The molecule has 0 spiro atoms. The van der Waals surface area contributed by atoms with Gasteiger partial charge >= 0.3 is 0 Å². The highest BCUT2D eigenvalue weighted by Gasteiger charge is 2.32. The Morgan fingerprint density at radius 2 is 1.00 bits per heavy atom. The molecule has 0 heterocycles. The van der Waals surface area contributed by atoms with Gasteiger partial charge in [-0.3, -0.25) is 0 Å². The van der Waals surface area contributed by atoms with E-state index in [9.17, 15) is 20.4 Å². The maximum Gasteiger partial charge on any atom is 0.0745 e. The number of hydrogen-bond donors (Lipinski definition) is 4. The standard InChI is InChI=1S/C18H38O7/c1-14(19)6-5-7-18(11-23-8-15(2)20,12-24-9-16(3)21)13-25-10-17(4)22/h14-17,19-22H,5-13H2,1-4H3. The number of ether oxygens (including phenoxy) is 3. The minimum Gasteiger partial charge on any atom is -0.393 e. The predicted molar refractivity (Wildman–Crippen MR) is 95.5 cm³/mol. The van der Waals surface area contributed by atoms with Crippen LogP contribution >= 0.6 is 0 Å². The third-order valence-electron chi connectivity index (χ3n) is 3.63. The smallest absolute Gasteiger partial charge is 0.0745 e. The number of aliphatic hydroxyl groups excluding tert-OH is 4. The highest BCUT2D eigenvalue weighted by atomic mass is 16.5. The maximum absolute atomic E-state index is 9.50. The van der Waals surface area contributed by atoms with E-state index in [4.69, 9.17) is 14.2 Å². The summed E-state index contributed by atoms with van der Waals surface area (Å²) < 4.78 is 16.9. The van der Waals surface area contributed by atoms with E-state index >= 15 is 0 Å². The molecule has 0 aliphatic carbocycles. The van der Waals surface area contributed by atoms with Crippen LogP contribution in [0.25, 0.3) is 0 Å². The van der Waals surface area contributed by atoms with Crippen molar-refractivity contribution in [2.24, 2.45) is 5.41 Å². The van der Waals surface area contributed by atoms with Crippen molar-refractivity contribution in [1.82, 2.24) is 0 Å². The Morgan fingerprint density at radius 1 is 0.640 bits per heavy atom. The van der Waals surface area contributed by atoms with Crippen LogP contribution < -0.4 is 0 Å². The second kappa shape index (κ2) is 13.9. The van der Waals surface area contributed by atoms with Crippen LogP contribution in [0, 0.1) is 5.41 Å². The van der Waals surface area contributed by atoms with Gasteiger partial charge in [0.25, 0.3) is 0 Å². The summed E-state index contributed by atoms with van der Waals surface area (Å²) in [5.74, 6) is 0. The highest BCUT2D eigenvalue weighted by molar-refractivity contribution is 4.80. The summed E-state index contributed by atoms with van der Waals surface area (Å²) in [5, 5.41) is 37.7. The fraction of sp³-hybridized carbons (Fsp3) is 1.00. The Hall–Kier alpha value is -0.280. The van der Waals surface area contributed by atoms with E-state index < -0.39 is 23.7 Å². The van der Waals surface area contributed by atoms with E-state index in [-0.39, 0.29) is 25.9 Å². The first-order valence-corrected chi connectivity index (χ1v) is 9.12. The fourth-order valence-electron chi connectivity index (χ4n) is 2.45. The van der Waals surface area contributed by atoms with Crippen LogP contribution in [0.2, 0.25) is 0 Å². The summed E-state index contributed by atoms with van der Waals surface area (Å²) in [7, 11) is 0. The van der Waals surface area contributed by atoms with Crippen LogP contribution in [-0.4, -0.2) is 84.5 Å². The molecule has 4 unspecified atom stereocenters. The van der Waals surface area contributed by atoms with Gasteiger partial charge in [0.15, 0.2) is 0 Å². The third kappa shape index (κ3) is 14.6. The van der Waals surface area contributed by atoms with Crippen molar-refractivity contribution in [3.8, 4) is 0 Å². The molecule has 0 bridgehead atoms. The van der Waals surface area contributed by atoms with Gasteiger partial charge in [0.1, 0.15) is 0 Å². The van der Waals surface area contributed by atoms with E-state index in [0.29, 0.717) is 32.7 Å². The molecule has 0 aromatic rings. The molecular formula is C18H38O7. The molecule has 152 valence electrons. The fourth-order valence-corrected chi connectivity index (χ4v) is 2.45. The van der Waals surface area contributed by atoms with Crippen molar-refractivity contribution in [3.05, 3.63) is 0 Å². The van der Waals surface area contributed by atoms with E-state index in [2.05, 4.69) is 0 Å². The average Bonchev–Trinajstić information content (AvgIpc) is 2.45. The van der Waals surface area contributed by atoms with Gasteiger partial charge in [0, 0.05) is 5.41 Å². The lowest BCUT2D eigenvalue weighted by Crippen LogP contribution is -2.39. The lowest BCUT2D eigenvalue weighted by atomic mass is 9.84. The van der Waals surface area contributed by atoms with E-state index in [1.54, 1.807) is 27.7 Å². The summed E-state index contributed by atoms with van der Waals surface area (Å²) in [6.07, 6.45) is 0.0623. The second-order valence-electron chi connectivity index (χ2n) is 7.33. The summed E-state index contributed by atoms with van der Waals surface area (Å²) in [4.78, 5) is 0. The van der Waals surface area contributed by atoms with Crippen LogP contribution in [0.5, 0.6) is 0 Å². The van der Waals surface area contributed by atoms with Gasteiger partial charge in [0.2, 0.25) is 0 Å². The summed E-state index contributed by atoms with van der Waals surface area (Å²) in [6, 6.07) is 0. The Bertz CT molecular complexity index is 244. The largest absolute Gasteiger partial charge is 0.393 e. The van der Waals surface area contributed by atoms with Gasteiger partial charge in [-0.15, -0.1) is 0 Å². The molecule has 0 aliphatic rings. The predicted octanol–water partition coefficient (Wildman–Crippen LogP) is 0.716. The second-order valence-corrected chi connectivity index (χ2v) is 7.33. The van der Waals surface area contributed by atoms with Crippen LogP contribution in [0.15, 0.2) is 0 Å². The first kappa shape index (κ1) is 24.7. The first-order chi connectivity index (χ1) is 11.7. The van der Waals surface area contributed by atoms with Crippen LogP contribution in [0.1, 0.15) is 47.0 Å². The number of aliphatic hydroxyl groups is 4. The molecule has 4 N–H and O–H groups in total. The zero-order chi connectivity index (χ0) is 19.3. The molecule has 4 atom stereocenters. The molecule has 7 heteroatoms. The normalized spacial score (nSPS) is 19.2. The molecule has 0 rings (SSSR count). The van der Waals surface area contributed by atoms with E-state index in [0.717, 1.165) is 6.42 Å². The summed E-state index contributed by atoms with van der Waals surface area (Å²) >= 11 is 0. The quantitative estimate of drug-likeness (QED) is 0.319. The highest BCUT2D eigenvalue weighted by Crippen LogP contribution is 2.28. The van der Waals surface area contributed by atoms with Gasteiger partial charge in [-0.05, 0) is 40.5 Å². The Labute approximate surface area is 151 Å². The first-order valence-electron chi connectivity index (χ1n) is 9.12.